The van der Waals surface area contributed by atoms with Crippen LogP contribution in [0.5, 0.6) is 0 Å². The predicted molar refractivity (Wildman–Crippen MR) is 66.8 cm³/mol. The van der Waals surface area contributed by atoms with Gasteiger partial charge in [-0.3, -0.25) is 4.79 Å². The van der Waals surface area contributed by atoms with Gasteiger partial charge < -0.3 is 14.8 Å². The van der Waals surface area contributed by atoms with Gasteiger partial charge in [-0.25, -0.2) is 0 Å². The Bertz CT molecular complexity index is 239. The molecule has 0 aromatic heterocycles. The van der Waals surface area contributed by atoms with Crippen LogP contribution in [-0.2, 0) is 14.3 Å². The van der Waals surface area contributed by atoms with E-state index in [1.807, 2.05) is 0 Å². The first-order chi connectivity index (χ1) is 8.04. The molecule has 1 aliphatic rings. The summed E-state index contributed by atoms with van der Waals surface area (Å²) in [6, 6.07) is 0.286. The summed E-state index contributed by atoms with van der Waals surface area (Å²) >= 11 is 0. The molecule has 100 valence electrons. The molecule has 4 nitrogen and oxygen atoms in total. The van der Waals surface area contributed by atoms with Crippen LogP contribution in [0.25, 0.3) is 0 Å². The molecule has 0 heterocycles. The minimum Gasteiger partial charge on any atom is -0.468 e. The fraction of sp³-hybridized carbons (Fsp3) is 0.923. The van der Waals surface area contributed by atoms with Gasteiger partial charge in [0.15, 0.2) is 0 Å². The summed E-state index contributed by atoms with van der Waals surface area (Å²) in [5, 5.41) is 3.29. The topological polar surface area (TPSA) is 47.6 Å². The smallest absolute Gasteiger partial charge is 0.322 e. The van der Waals surface area contributed by atoms with E-state index < -0.39 is 0 Å². The number of hydrogen-bond donors (Lipinski definition) is 1. The van der Waals surface area contributed by atoms with Crippen molar-refractivity contribution in [3.8, 4) is 0 Å². The van der Waals surface area contributed by atoms with Crippen LogP contribution >= 0.6 is 0 Å². The van der Waals surface area contributed by atoms with E-state index in [-0.39, 0.29) is 18.1 Å². The summed E-state index contributed by atoms with van der Waals surface area (Å²) in [5.74, 6) is 0.320. The molecule has 0 radical (unpaired) electrons. The molecular weight excluding hydrogens is 218 g/mol. The molecule has 2 atom stereocenters. The van der Waals surface area contributed by atoms with E-state index in [1.54, 1.807) is 0 Å². The van der Waals surface area contributed by atoms with Gasteiger partial charge in [-0.15, -0.1) is 0 Å². The second kappa shape index (κ2) is 6.97. The quantitative estimate of drug-likeness (QED) is 0.660. The third kappa shape index (κ3) is 5.50. The summed E-state index contributed by atoms with van der Waals surface area (Å²) in [6.45, 7) is 6.92. The minimum atomic E-state index is -0.216. The van der Waals surface area contributed by atoms with Crippen molar-refractivity contribution in [1.82, 2.24) is 5.32 Å². The molecule has 4 heteroatoms. The maximum atomic E-state index is 11.5. The Morgan fingerprint density at radius 1 is 1.35 bits per heavy atom. The van der Waals surface area contributed by atoms with Gasteiger partial charge in [-0.05, 0) is 32.1 Å². The highest BCUT2D eigenvalue weighted by Crippen LogP contribution is 2.20. The number of hydrogen-bond acceptors (Lipinski definition) is 4. The molecule has 1 N–H and O–H groups in total. The summed E-state index contributed by atoms with van der Waals surface area (Å²) < 4.78 is 10.5. The molecule has 1 aliphatic carbocycles. The van der Waals surface area contributed by atoms with E-state index in [0.29, 0.717) is 25.0 Å². The van der Waals surface area contributed by atoms with Gasteiger partial charge in [0.05, 0.1) is 13.2 Å². The average molecular weight is 243 g/mol. The van der Waals surface area contributed by atoms with E-state index in [2.05, 4.69) is 26.1 Å². The first-order valence-electron chi connectivity index (χ1n) is 6.50. The molecule has 1 fully saturated rings. The molecule has 0 bridgehead atoms. The lowest BCUT2D eigenvalue weighted by Crippen LogP contribution is -2.40. The Morgan fingerprint density at radius 3 is 2.47 bits per heavy atom. The van der Waals surface area contributed by atoms with Crippen molar-refractivity contribution in [3.63, 3.8) is 0 Å². The maximum absolute atomic E-state index is 11.5. The van der Waals surface area contributed by atoms with Crippen molar-refractivity contribution in [2.45, 2.75) is 58.2 Å². The SMILES string of the molecule is COC(=O)C(CCOC(C)C(C)C)NC1CC1. The standard InChI is InChI=1S/C13H25NO3/c1-9(2)10(3)17-8-7-12(13(15)16-4)14-11-5-6-11/h9-12,14H,5-8H2,1-4H3. The highest BCUT2D eigenvalue weighted by molar-refractivity contribution is 5.75. The molecular formula is C13H25NO3. The van der Waals surface area contributed by atoms with E-state index in [4.69, 9.17) is 9.47 Å². The number of rotatable bonds is 8. The van der Waals surface area contributed by atoms with Crippen molar-refractivity contribution in [1.29, 1.82) is 0 Å². The van der Waals surface area contributed by atoms with Crippen molar-refractivity contribution in [2.75, 3.05) is 13.7 Å². The number of esters is 1. The number of methoxy groups -OCH3 is 1. The molecule has 0 aliphatic heterocycles. The fourth-order valence-corrected chi connectivity index (χ4v) is 1.51. The molecule has 0 saturated heterocycles. The van der Waals surface area contributed by atoms with Crippen molar-refractivity contribution in [3.05, 3.63) is 0 Å². The summed E-state index contributed by atoms with van der Waals surface area (Å²) in [6.07, 6.45) is 3.24. The average Bonchev–Trinajstić information content (AvgIpc) is 3.10. The number of carbonyl (C=O) groups excluding carboxylic acids is 1. The van der Waals surface area contributed by atoms with E-state index in [9.17, 15) is 4.79 Å². The lowest BCUT2D eigenvalue weighted by atomic mass is 10.1. The van der Waals surface area contributed by atoms with Crippen LogP contribution in [0.3, 0.4) is 0 Å². The zero-order valence-corrected chi connectivity index (χ0v) is 11.4. The fourth-order valence-electron chi connectivity index (χ4n) is 1.51. The van der Waals surface area contributed by atoms with Crippen LogP contribution in [0.15, 0.2) is 0 Å². The minimum absolute atomic E-state index is 0.183. The first-order valence-corrected chi connectivity index (χ1v) is 6.50. The number of carbonyl (C=O) groups is 1. The Hall–Kier alpha value is -0.610. The van der Waals surface area contributed by atoms with Gasteiger partial charge in [0, 0.05) is 12.6 Å². The third-order valence-corrected chi connectivity index (χ3v) is 3.23. The van der Waals surface area contributed by atoms with Gasteiger partial charge >= 0.3 is 5.97 Å². The number of nitrogens with one attached hydrogen (secondary N) is 1. The maximum Gasteiger partial charge on any atom is 0.322 e. The highest BCUT2D eigenvalue weighted by Gasteiger charge is 2.28. The molecule has 2 unspecified atom stereocenters. The Balaban J connectivity index is 2.25. The Labute approximate surface area is 104 Å². The lowest BCUT2D eigenvalue weighted by Gasteiger charge is -2.20. The molecule has 0 amide bonds. The molecule has 0 aromatic carbocycles. The second-order valence-electron chi connectivity index (χ2n) is 5.13. The van der Waals surface area contributed by atoms with Crippen LogP contribution in [0, 0.1) is 5.92 Å². The van der Waals surface area contributed by atoms with Gasteiger partial charge in [-0.1, -0.05) is 13.8 Å². The zero-order valence-electron chi connectivity index (χ0n) is 11.4. The van der Waals surface area contributed by atoms with Crippen LogP contribution < -0.4 is 5.32 Å². The van der Waals surface area contributed by atoms with Crippen molar-refractivity contribution in [2.24, 2.45) is 5.92 Å². The van der Waals surface area contributed by atoms with Gasteiger partial charge in [0.1, 0.15) is 6.04 Å². The van der Waals surface area contributed by atoms with Gasteiger partial charge in [0.2, 0.25) is 0 Å². The Kier molecular flexibility index (Phi) is 5.92. The van der Waals surface area contributed by atoms with E-state index in [0.717, 1.165) is 12.8 Å². The van der Waals surface area contributed by atoms with E-state index in [1.165, 1.54) is 7.11 Å². The summed E-state index contributed by atoms with van der Waals surface area (Å²) in [7, 11) is 1.43. The van der Waals surface area contributed by atoms with E-state index >= 15 is 0 Å². The lowest BCUT2D eigenvalue weighted by molar-refractivity contribution is -0.143. The van der Waals surface area contributed by atoms with Crippen LogP contribution in [0.1, 0.15) is 40.0 Å². The first kappa shape index (κ1) is 14.5. The molecule has 0 spiro atoms. The predicted octanol–water partition coefficient (Wildman–Crippen LogP) is 1.73. The largest absolute Gasteiger partial charge is 0.468 e. The molecule has 17 heavy (non-hydrogen) atoms. The highest BCUT2D eigenvalue weighted by atomic mass is 16.5. The Morgan fingerprint density at radius 2 is 2.00 bits per heavy atom. The van der Waals surface area contributed by atoms with Crippen molar-refractivity contribution < 1.29 is 14.3 Å². The molecule has 1 saturated carbocycles. The van der Waals surface area contributed by atoms with Gasteiger partial charge in [0.25, 0.3) is 0 Å². The molecule has 1 rings (SSSR count). The van der Waals surface area contributed by atoms with Crippen LogP contribution in [-0.4, -0.2) is 37.9 Å². The number of ether oxygens (including phenoxy) is 2. The summed E-state index contributed by atoms with van der Waals surface area (Å²) in [5.41, 5.74) is 0. The third-order valence-electron chi connectivity index (χ3n) is 3.23. The molecule has 0 aromatic rings. The van der Waals surface area contributed by atoms with Crippen LogP contribution in [0.2, 0.25) is 0 Å². The normalized spacial score (nSPS) is 19.1. The van der Waals surface area contributed by atoms with Crippen LogP contribution in [0.4, 0.5) is 0 Å². The summed E-state index contributed by atoms with van der Waals surface area (Å²) in [4.78, 5) is 11.5. The zero-order chi connectivity index (χ0) is 12.8. The van der Waals surface area contributed by atoms with Gasteiger partial charge in [-0.2, -0.15) is 0 Å². The monoisotopic (exact) mass is 243 g/mol. The van der Waals surface area contributed by atoms with Crippen molar-refractivity contribution >= 4 is 5.97 Å². The second-order valence-corrected chi connectivity index (χ2v) is 5.13.